The highest BCUT2D eigenvalue weighted by molar-refractivity contribution is 4.96. The molecule has 0 aliphatic heterocycles. The molecule has 0 radical (unpaired) electrons. The van der Waals surface area contributed by atoms with Crippen molar-refractivity contribution in [3.63, 3.8) is 0 Å². The Morgan fingerprint density at radius 1 is 0.950 bits per heavy atom. The van der Waals surface area contributed by atoms with Crippen LogP contribution in [0.5, 0.6) is 0 Å². The molecule has 20 heavy (non-hydrogen) atoms. The third-order valence-corrected chi connectivity index (χ3v) is 4.00. The molecule has 0 amide bonds. The molecule has 4 heteroatoms. The van der Waals surface area contributed by atoms with E-state index in [1.54, 1.807) is 0 Å². The predicted octanol–water partition coefficient (Wildman–Crippen LogP) is 3.15. The zero-order valence-corrected chi connectivity index (χ0v) is 12.4. The Bertz CT molecular complexity index is 295. The Morgan fingerprint density at radius 3 is 2.50 bits per heavy atom. The maximum absolute atomic E-state index is 10.1. The summed E-state index contributed by atoms with van der Waals surface area (Å²) in [6.07, 6.45) is 11.7. The molecule has 0 aromatic rings. The molecular formula is C16H28O4. The summed E-state index contributed by atoms with van der Waals surface area (Å²) in [6, 6.07) is 0. The summed E-state index contributed by atoms with van der Waals surface area (Å²) in [6.45, 7) is 2.17. The zero-order valence-electron chi connectivity index (χ0n) is 12.4. The van der Waals surface area contributed by atoms with Gasteiger partial charge in [0.15, 0.2) is 5.79 Å². The molecular weight excluding hydrogens is 256 g/mol. The SMILES string of the molecule is OC1(OCCOCCOC2=CCCCC2)CCCCC1. The third kappa shape index (κ3) is 5.81. The predicted molar refractivity (Wildman–Crippen MR) is 77.3 cm³/mol. The highest BCUT2D eigenvalue weighted by Gasteiger charge is 2.29. The van der Waals surface area contributed by atoms with Crippen LogP contribution in [0.25, 0.3) is 0 Å². The van der Waals surface area contributed by atoms with E-state index in [1.807, 2.05) is 0 Å². The van der Waals surface area contributed by atoms with Gasteiger partial charge in [0.05, 0.1) is 25.6 Å². The maximum atomic E-state index is 10.1. The molecule has 2 aliphatic rings. The van der Waals surface area contributed by atoms with Crippen molar-refractivity contribution in [3.8, 4) is 0 Å². The monoisotopic (exact) mass is 284 g/mol. The molecule has 0 aromatic carbocycles. The minimum atomic E-state index is -0.898. The second kappa shape index (κ2) is 8.65. The summed E-state index contributed by atoms with van der Waals surface area (Å²) >= 11 is 0. The van der Waals surface area contributed by atoms with Crippen molar-refractivity contribution >= 4 is 0 Å². The van der Waals surface area contributed by atoms with Crippen LogP contribution in [-0.2, 0) is 14.2 Å². The lowest BCUT2D eigenvalue weighted by atomic mass is 9.94. The smallest absolute Gasteiger partial charge is 0.165 e. The highest BCUT2D eigenvalue weighted by Crippen LogP contribution is 2.28. The Morgan fingerprint density at radius 2 is 1.75 bits per heavy atom. The van der Waals surface area contributed by atoms with Crippen molar-refractivity contribution < 1.29 is 19.3 Å². The molecule has 0 saturated heterocycles. The van der Waals surface area contributed by atoms with E-state index in [0.717, 1.165) is 44.3 Å². The largest absolute Gasteiger partial charge is 0.496 e. The normalized spacial score (nSPS) is 22.4. The van der Waals surface area contributed by atoms with Crippen molar-refractivity contribution in [2.75, 3.05) is 26.4 Å². The van der Waals surface area contributed by atoms with Gasteiger partial charge in [-0.05, 0) is 38.2 Å². The fourth-order valence-corrected chi connectivity index (χ4v) is 2.81. The van der Waals surface area contributed by atoms with Gasteiger partial charge in [-0.25, -0.2) is 0 Å². The van der Waals surface area contributed by atoms with Crippen molar-refractivity contribution in [2.45, 2.75) is 63.6 Å². The molecule has 0 heterocycles. The fraction of sp³-hybridized carbons (Fsp3) is 0.875. The number of rotatable bonds is 8. The average molecular weight is 284 g/mol. The first kappa shape index (κ1) is 15.8. The Hall–Kier alpha value is -0.580. The van der Waals surface area contributed by atoms with Crippen molar-refractivity contribution in [1.82, 2.24) is 0 Å². The van der Waals surface area contributed by atoms with Gasteiger partial charge >= 0.3 is 0 Å². The summed E-state index contributed by atoms with van der Waals surface area (Å²) in [5, 5.41) is 10.1. The molecule has 0 unspecified atom stereocenters. The number of allylic oxidation sites excluding steroid dienone is 2. The summed E-state index contributed by atoms with van der Waals surface area (Å²) in [7, 11) is 0. The number of ether oxygens (including phenoxy) is 3. The fourth-order valence-electron chi connectivity index (χ4n) is 2.81. The highest BCUT2D eigenvalue weighted by atomic mass is 16.6. The molecule has 0 atom stereocenters. The van der Waals surface area contributed by atoms with Crippen LogP contribution in [0.4, 0.5) is 0 Å². The van der Waals surface area contributed by atoms with Gasteiger partial charge in [0, 0.05) is 19.3 Å². The topological polar surface area (TPSA) is 47.9 Å². The van der Waals surface area contributed by atoms with Gasteiger partial charge < -0.3 is 19.3 Å². The zero-order chi connectivity index (χ0) is 14.1. The molecule has 1 N–H and O–H groups in total. The molecule has 4 nitrogen and oxygen atoms in total. The molecule has 0 spiro atoms. The molecule has 0 bridgehead atoms. The van der Waals surface area contributed by atoms with Gasteiger partial charge in [-0.1, -0.05) is 6.42 Å². The van der Waals surface area contributed by atoms with E-state index in [2.05, 4.69) is 6.08 Å². The minimum Gasteiger partial charge on any atom is -0.496 e. The van der Waals surface area contributed by atoms with E-state index in [9.17, 15) is 5.11 Å². The Labute approximate surface area is 122 Å². The van der Waals surface area contributed by atoms with Crippen LogP contribution in [0.3, 0.4) is 0 Å². The van der Waals surface area contributed by atoms with E-state index in [4.69, 9.17) is 14.2 Å². The van der Waals surface area contributed by atoms with Gasteiger partial charge in [0.25, 0.3) is 0 Å². The first-order valence-corrected chi connectivity index (χ1v) is 8.04. The standard InChI is InChI=1S/C16H28O4/c17-16(9-5-2-6-10-16)20-14-12-18-11-13-19-15-7-3-1-4-8-15/h7,17H,1-6,8-14H2. The molecule has 2 rings (SSSR count). The van der Waals surface area contributed by atoms with Crippen molar-refractivity contribution in [2.24, 2.45) is 0 Å². The van der Waals surface area contributed by atoms with Crippen LogP contribution in [0.2, 0.25) is 0 Å². The van der Waals surface area contributed by atoms with Crippen LogP contribution < -0.4 is 0 Å². The second-order valence-electron chi connectivity index (χ2n) is 5.73. The summed E-state index contributed by atoms with van der Waals surface area (Å²) in [5.41, 5.74) is 0. The lowest BCUT2D eigenvalue weighted by Crippen LogP contribution is -2.35. The van der Waals surface area contributed by atoms with E-state index >= 15 is 0 Å². The number of hydrogen-bond donors (Lipinski definition) is 1. The molecule has 0 aromatic heterocycles. The number of hydrogen-bond acceptors (Lipinski definition) is 4. The van der Waals surface area contributed by atoms with Crippen LogP contribution in [-0.4, -0.2) is 37.3 Å². The van der Waals surface area contributed by atoms with E-state index in [1.165, 1.54) is 19.3 Å². The van der Waals surface area contributed by atoms with Crippen LogP contribution in [0.15, 0.2) is 11.8 Å². The molecule has 1 fully saturated rings. The summed E-state index contributed by atoms with van der Waals surface area (Å²) in [4.78, 5) is 0. The van der Waals surface area contributed by atoms with Crippen LogP contribution >= 0.6 is 0 Å². The minimum absolute atomic E-state index is 0.458. The first-order valence-electron chi connectivity index (χ1n) is 8.04. The van der Waals surface area contributed by atoms with Crippen LogP contribution in [0, 0.1) is 0 Å². The maximum Gasteiger partial charge on any atom is 0.165 e. The number of aliphatic hydroxyl groups is 1. The summed E-state index contributed by atoms with van der Waals surface area (Å²) in [5.74, 6) is 0.220. The molecule has 2 aliphatic carbocycles. The van der Waals surface area contributed by atoms with E-state index in [0.29, 0.717) is 26.4 Å². The van der Waals surface area contributed by atoms with Crippen molar-refractivity contribution in [3.05, 3.63) is 11.8 Å². The summed E-state index contributed by atoms with van der Waals surface area (Å²) < 4.78 is 16.7. The van der Waals surface area contributed by atoms with E-state index < -0.39 is 5.79 Å². The third-order valence-electron chi connectivity index (χ3n) is 4.00. The molecule has 1 saturated carbocycles. The van der Waals surface area contributed by atoms with Gasteiger partial charge in [0.1, 0.15) is 6.61 Å². The lowest BCUT2D eigenvalue weighted by Gasteiger charge is -2.31. The van der Waals surface area contributed by atoms with Crippen LogP contribution in [0.1, 0.15) is 57.8 Å². The van der Waals surface area contributed by atoms with Gasteiger partial charge in [0.2, 0.25) is 0 Å². The first-order chi connectivity index (χ1) is 9.79. The lowest BCUT2D eigenvalue weighted by molar-refractivity contribution is -0.225. The average Bonchev–Trinajstić information content (AvgIpc) is 2.48. The Balaban J connectivity index is 1.44. The quantitative estimate of drug-likeness (QED) is 0.549. The van der Waals surface area contributed by atoms with Gasteiger partial charge in [-0.15, -0.1) is 0 Å². The molecule has 116 valence electrons. The van der Waals surface area contributed by atoms with Gasteiger partial charge in [-0.2, -0.15) is 0 Å². The van der Waals surface area contributed by atoms with Gasteiger partial charge in [-0.3, -0.25) is 0 Å². The Kier molecular flexibility index (Phi) is 6.83. The van der Waals surface area contributed by atoms with Crippen molar-refractivity contribution in [1.29, 1.82) is 0 Å². The van der Waals surface area contributed by atoms with E-state index in [-0.39, 0.29) is 0 Å². The second-order valence-corrected chi connectivity index (χ2v) is 5.73.